The van der Waals surface area contributed by atoms with Gasteiger partial charge in [-0.3, -0.25) is 9.48 Å². The summed E-state index contributed by atoms with van der Waals surface area (Å²) < 4.78 is 40.1. The molecule has 4 nitrogen and oxygen atoms in total. The first kappa shape index (κ1) is 20.4. The Labute approximate surface area is 173 Å². The lowest BCUT2D eigenvalue weighted by Gasteiger charge is -2.32. The fourth-order valence-electron chi connectivity index (χ4n) is 4.05. The monoisotopic (exact) mass is 415 g/mol. The quantitative estimate of drug-likeness (QED) is 0.588. The highest BCUT2D eigenvalue weighted by Gasteiger charge is 2.31. The van der Waals surface area contributed by atoms with E-state index in [1.807, 2.05) is 10.7 Å². The highest BCUT2D eigenvalue weighted by molar-refractivity contribution is 5.94. The second-order valence-corrected chi connectivity index (χ2v) is 8.10. The number of nitrogens with zero attached hydrogens (tertiary/aromatic N) is 3. The summed E-state index contributed by atoms with van der Waals surface area (Å²) in [5.41, 5.74) is 3.04. The Hall–Kier alpha value is -2.83. The van der Waals surface area contributed by atoms with Crippen LogP contribution in [0.2, 0.25) is 0 Å². The summed E-state index contributed by atoms with van der Waals surface area (Å²) in [5, 5.41) is 5.85. The van der Waals surface area contributed by atoms with E-state index in [1.165, 1.54) is 28.6 Å². The molecule has 0 aliphatic carbocycles. The number of hydrogen-bond donors (Lipinski definition) is 0. The number of carbonyl (C=O) groups is 1. The number of carbonyl (C=O) groups excluding carboxylic acids is 1. The van der Waals surface area contributed by atoms with Gasteiger partial charge in [-0.05, 0) is 74.1 Å². The highest BCUT2D eigenvalue weighted by Crippen LogP contribution is 2.29. The van der Waals surface area contributed by atoms with Gasteiger partial charge in [0, 0.05) is 36.8 Å². The Bertz CT molecular complexity index is 1060. The van der Waals surface area contributed by atoms with Crippen molar-refractivity contribution < 1.29 is 18.0 Å². The van der Waals surface area contributed by atoms with Crippen LogP contribution in [0.15, 0.2) is 42.6 Å². The normalized spacial score (nSPS) is 15.7. The van der Waals surface area contributed by atoms with Crippen LogP contribution in [0.3, 0.4) is 0 Å². The molecule has 158 valence electrons. The molecule has 1 aliphatic rings. The van der Waals surface area contributed by atoms with Crippen molar-refractivity contribution in [3.8, 4) is 0 Å². The second kappa shape index (κ2) is 7.78. The minimum Gasteiger partial charge on any atom is -0.339 e. The molecule has 30 heavy (non-hydrogen) atoms. The summed E-state index contributed by atoms with van der Waals surface area (Å²) in [7, 11) is 0. The van der Waals surface area contributed by atoms with Crippen LogP contribution in [0.25, 0.3) is 10.9 Å². The average Bonchev–Trinajstić information content (AvgIpc) is 3.14. The highest BCUT2D eigenvalue weighted by atomic mass is 19.4. The number of likely N-dealkylation sites (tertiary alicyclic amines) is 1. The minimum atomic E-state index is -4.39. The summed E-state index contributed by atoms with van der Waals surface area (Å²) in [5.74, 6) is 0.204. The predicted octanol–water partition coefficient (Wildman–Crippen LogP) is 5.22. The molecule has 4 rings (SSSR count). The van der Waals surface area contributed by atoms with Gasteiger partial charge < -0.3 is 4.90 Å². The molecule has 1 fully saturated rings. The van der Waals surface area contributed by atoms with Gasteiger partial charge in [0.2, 0.25) is 0 Å². The van der Waals surface area contributed by atoms with Crippen LogP contribution < -0.4 is 0 Å². The van der Waals surface area contributed by atoms with Gasteiger partial charge in [-0.25, -0.2) is 0 Å². The van der Waals surface area contributed by atoms with Crippen molar-refractivity contribution in [1.29, 1.82) is 0 Å². The zero-order valence-corrected chi connectivity index (χ0v) is 17.0. The van der Waals surface area contributed by atoms with Gasteiger partial charge in [0.25, 0.3) is 5.91 Å². The van der Waals surface area contributed by atoms with E-state index in [4.69, 9.17) is 0 Å². The summed E-state index contributed by atoms with van der Waals surface area (Å²) >= 11 is 0. The fourth-order valence-corrected chi connectivity index (χ4v) is 4.05. The molecule has 0 saturated carbocycles. The second-order valence-electron chi connectivity index (χ2n) is 8.10. The smallest absolute Gasteiger partial charge is 0.339 e. The van der Waals surface area contributed by atoms with Crippen molar-refractivity contribution in [2.75, 3.05) is 13.1 Å². The van der Waals surface area contributed by atoms with Crippen molar-refractivity contribution in [2.45, 2.75) is 39.4 Å². The van der Waals surface area contributed by atoms with E-state index in [-0.39, 0.29) is 5.91 Å². The molecule has 0 atom stereocenters. The van der Waals surface area contributed by atoms with Crippen LogP contribution in [0, 0.1) is 19.8 Å². The van der Waals surface area contributed by atoms with Crippen LogP contribution >= 0.6 is 0 Å². The third-order valence-corrected chi connectivity index (χ3v) is 6.08. The van der Waals surface area contributed by atoms with Crippen LogP contribution in [-0.4, -0.2) is 33.7 Å². The third-order valence-electron chi connectivity index (χ3n) is 6.08. The lowest BCUT2D eigenvalue weighted by atomic mass is 9.96. The van der Waals surface area contributed by atoms with E-state index in [1.54, 1.807) is 4.90 Å². The first-order chi connectivity index (χ1) is 14.2. The zero-order valence-electron chi connectivity index (χ0n) is 17.0. The number of piperidine rings is 1. The molecule has 2 aromatic carbocycles. The maximum atomic E-state index is 12.7. The van der Waals surface area contributed by atoms with E-state index < -0.39 is 11.7 Å². The maximum Gasteiger partial charge on any atom is 0.416 e. The van der Waals surface area contributed by atoms with Gasteiger partial charge in [-0.15, -0.1) is 0 Å². The van der Waals surface area contributed by atoms with Crippen molar-refractivity contribution in [1.82, 2.24) is 14.7 Å². The molecular weight excluding hydrogens is 391 g/mol. The Morgan fingerprint density at radius 1 is 1.07 bits per heavy atom. The van der Waals surface area contributed by atoms with E-state index >= 15 is 0 Å². The number of alkyl halides is 3. The van der Waals surface area contributed by atoms with Crippen LogP contribution in [0.5, 0.6) is 0 Å². The van der Waals surface area contributed by atoms with Crippen molar-refractivity contribution >= 4 is 16.8 Å². The SMILES string of the molecule is Cc1ccc2nn(CC3CCN(C(=O)c4ccc(C(F)(F)F)cc4)CC3)cc2c1C. The number of benzene rings is 2. The molecule has 7 heteroatoms. The topological polar surface area (TPSA) is 38.1 Å². The van der Waals surface area contributed by atoms with Gasteiger partial charge in [0.15, 0.2) is 0 Å². The summed E-state index contributed by atoms with van der Waals surface area (Å²) in [6.45, 7) is 6.20. The van der Waals surface area contributed by atoms with Crippen LogP contribution in [0.1, 0.15) is 39.9 Å². The molecule has 0 bridgehead atoms. The molecule has 1 amide bonds. The summed E-state index contributed by atoms with van der Waals surface area (Å²) in [6.07, 6.45) is -0.604. The van der Waals surface area contributed by atoms with Gasteiger partial charge in [0.05, 0.1) is 11.1 Å². The van der Waals surface area contributed by atoms with Gasteiger partial charge in [-0.2, -0.15) is 18.3 Å². The Morgan fingerprint density at radius 2 is 1.73 bits per heavy atom. The standard InChI is InChI=1S/C23H24F3N3O/c1-15-3-8-21-20(16(15)2)14-29(27-21)13-17-9-11-28(12-10-17)22(30)18-4-6-19(7-5-18)23(24,25)26/h3-8,14,17H,9-13H2,1-2H3. The van der Waals surface area contributed by atoms with Gasteiger partial charge >= 0.3 is 6.18 Å². The van der Waals surface area contributed by atoms with E-state index in [0.717, 1.165) is 37.0 Å². The summed E-state index contributed by atoms with van der Waals surface area (Å²) in [6, 6.07) is 8.58. The predicted molar refractivity (Wildman–Crippen MR) is 109 cm³/mol. The first-order valence-corrected chi connectivity index (χ1v) is 10.1. The van der Waals surface area contributed by atoms with Crippen LogP contribution in [-0.2, 0) is 12.7 Å². The largest absolute Gasteiger partial charge is 0.416 e. The Morgan fingerprint density at radius 3 is 2.37 bits per heavy atom. The first-order valence-electron chi connectivity index (χ1n) is 10.1. The number of amides is 1. The number of aryl methyl sites for hydroxylation is 2. The van der Waals surface area contributed by atoms with E-state index in [9.17, 15) is 18.0 Å². The molecule has 2 heterocycles. The molecule has 0 unspecified atom stereocenters. The summed E-state index contributed by atoms with van der Waals surface area (Å²) in [4.78, 5) is 14.4. The van der Waals surface area contributed by atoms with E-state index in [2.05, 4.69) is 31.2 Å². The molecular formula is C23H24F3N3O. The molecule has 1 aromatic heterocycles. The third kappa shape index (κ3) is 4.06. The molecule has 1 saturated heterocycles. The average molecular weight is 415 g/mol. The Balaban J connectivity index is 1.37. The number of fused-ring (bicyclic) bond motifs is 1. The Kier molecular flexibility index (Phi) is 5.30. The maximum absolute atomic E-state index is 12.7. The minimum absolute atomic E-state index is 0.210. The molecule has 0 spiro atoms. The van der Waals surface area contributed by atoms with Gasteiger partial charge in [-0.1, -0.05) is 6.07 Å². The number of aromatic nitrogens is 2. The number of rotatable bonds is 3. The molecule has 1 aliphatic heterocycles. The molecule has 0 N–H and O–H groups in total. The molecule has 3 aromatic rings. The molecule has 0 radical (unpaired) electrons. The van der Waals surface area contributed by atoms with Gasteiger partial charge in [0.1, 0.15) is 0 Å². The number of hydrogen-bond acceptors (Lipinski definition) is 2. The van der Waals surface area contributed by atoms with Crippen LogP contribution in [0.4, 0.5) is 13.2 Å². The van der Waals surface area contributed by atoms with Crippen molar-refractivity contribution in [2.24, 2.45) is 5.92 Å². The fraction of sp³-hybridized carbons (Fsp3) is 0.391. The number of halogens is 3. The van der Waals surface area contributed by atoms with Crippen molar-refractivity contribution in [3.63, 3.8) is 0 Å². The van der Waals surface area contributed by atoms with Crippen molar-refractivity contribution in [3.05, 3.63) is 64.8 Å². The lowest BCUT2D eigenvalue weighted by Crippen LogP contribution is -2.39. The zero-order chi connectivity index (χ0) is 21.5. The lowest BCUT2D eigenvalue weighted by molar-refractivity contribution is -0.137. The van der Waals surface area contributed by atoms with E-state index in [0.29, 0.717) is 24.6 Å².